The van der Waals surface area contributed by atoms with E-state index in [-0.39, 0.29) is 12.0 Å². The van der Waals surface area contributed by atoms with Crippen molar-refractivity contribution in [2.24, 2.45) is 5.41 Å². The van der Waals surface area contributed by atoms with Crippen LogP contribution in [0.3, 0.4) is 0 Å². The van der Waals surface area contributed by atoms with Gasteiger partial charge >= 0.3 is 0 Å². The molecule has 0 aromatic carbocycles. The minimum atomic E-state index is -0.0202. The van der Waals surface area contributed by atoms with Gasteiger partial charge in [0.2, 0.25) is 0 Å². The summed E-state index contributed by atoms with van der Waals surface area (Å²) in [6, 6.07) is 1.18. The Bertz CT molecular complexity index is 255. The van der Waals surface area contributed by atoms with Gasteiger partial charge in [-0.2, -0.15) is 0 Å². The third-order valence-electron chi connectivity index (χ3n) is 4.73. The van der Waals surface area contributed by atoms with Crippen molar-refractivity contribution in [3.63, 3.8) is 0 Å². The molecule has 0 spiro atoms. The quantitative estimate of drug-likeness (QED) is 0.810. The van der Waals surface area contributed by atoms with E-state index >= 15 is 0 Å². The van der Waals surface area contributed by atoms with E-state index in [0.29, 0.717) is 12.1 Å². The van der Waals surface area contributed by atoms with Gasteiger partial charge in [-0.05, 0) is 33.7 Å². The van der Waals surface area contributed by atoms with E-state index < -0.39 is 0 Å². The van der Waals surface area contributed by atoms with Crippen LogP contribution in [0.25, 0.3) is 0 Å². The topological polar surface area (TPSA) is 35.9 Å². The summed E-state index contributed by atoms with van der Waals surface area (Å²) in [5, 5.41) is 9.74. The minimum absolute atomic E-state index is 0.0202. The normalized spacial score (nSPS) is 40.0. The molecule has 4 nitrogen and oxygen atoms in total. The number of likely N-dealkylation sites (N-methyl/N-ethyl adjacent to an activating group) is 1. The molecule has 0 amide bonds. The van der Waals surface area contributed by atoms with Crippen molar-refractivity contribution in [3.8, 4) is 0 Å². The van der Waals surface area contributed by atoms with Gasteiger partial charge in [0, 0.05) is 43.7 Å². The lowest BCUT2D eigenvalue weighted by Crippen LogP contribution is -2.58. The van der Waals surface area contributed by atoms with Crippen LogP contribution in [0, 0.1) is 5.41 Å². The molecule has 3 atom stereocenters. The largest absolute Gasteiger partial charge is 0.396 e. The second-order valence-corrected chi connectivity index (χ2v) is 6.37. The lowest BCUT2D eigenvalue weighted by atomic mass is 9.82. The first-order chi connectivity index (χ1) is 8.56. The predicted molar refractivity (Wildman–Crippen MR) is 72.7 cm³/mol. The van der Waals surface area contributed by atoms with Gasteiger partial charge in [0.1, 0.15) is 0 Å². The van der Waals surface area contributed by atoms with Crippen molar-refractivity contribution in [1.82, 2.24) is 9.80 Å². The number of ether oxygens (including phenoxy) is 1. The molecule has 2 fully saturated rings. The zero-order valence-electron chi connectivity index (χ0n) is 12.1. The van der Waals surface area contributed by atoms with Gasteiger partial charge < -0.3 is 9.84 Å². The van der Waals surface area contributed by atoms with Crippen molar-refractivity contribution >= 4 is 0 Å². The Morgan fingerprint density at radius 2 is 1.94 bits per heavy atom. The number of rotatable bonds is 3. The number of hydrogen-bond acceptors (Lipinski definition) is 4. The summed E-state index contributed by atoms with van der Waals surface area (Å²) in [6.07, 6.45) is 2.18. The molecule has 3 unspecified atom stereocenters. The Labute approximate surface area is 111 Å². The summed E-state index contributed by atoms with van der Waals surface area (Å²) >= 11 is 0. The first-order valence-corrected chi connectivity index (χ1v) is 7.19. The molecule has 0 aromatic rings. The van der Waals surface area contributed by atoms with Gasteiger partial charge in [-0.25, -0.2) is 0 Å². The van der Waals surface area contributed by atoms with E-state index in [0.717, 1.165) is 45.7 Å². The standard InChI is InChI=1S/C14H28N2O2/c1-12-7-16(8-13(2)15(12)3)9-14(10-17)5-4-6-18-11-14/h12-13,17H,4-11H2,1-3H3. The van der Waals surface area contributed by atoms with E-state index in [1.165, 1.54) is 0 Å². The highest BCUT2D eigenvalue weighted by Gasteiger charge is 2.37. The van der Waals surface area contributed by atoms with Gasteiger partial charge in [0.05, 0.1) is 13.2 Å². The average Bonchev–Trinajstić information content (AvgIpc) is 2.37. The van der Waals surface area contributed by atoms with Gasteiger partial charge in [-0.1, -0.05) is 0 Å². The van der Waals surface area contributed by atoms with E-state index in [1.807, 2.05) is 0 Å². The molecule has 2 heterocycles. The molecule has 2 aliphatic rings. The van der Waals surface area contributed by atoms with Crippen molar-refractivity contribution in [2.75, 3.05) is 46.5 Å². The van der Waals surface area contributed by atoms with Crippen molar-refractivity contribution in [2.45, 2.75) is 38.8 Å². The SMILES string of the molecule is CC1CN(CC2(CO)CCCOC2)CC(C)N1C. The fraction of sp³-hybridized carbons (Fsp3) is 1.00. The van der Waals surface area contributed by atoms with Crippen molar-refractivity contribution in [3.05, 3.63) is 0 Å². The van der Waals surface area contributed by atoms with Crippen LogP contribution < -0.4 is 0 Å². The summed E-state index contributed by atoms with van der Waals surface area (Å²) in [6.45, 7) is 9.58. The highest BCUT2D eigenvalue weighted by atomic mass is 16.5. The fourth-order valence-corrected chi connectivity index (χ4v) is 3.33. The summed E-state index contributed by atoms with van der Waals surface area (Å²) in [7, 11) is 2.21. The van der Waals surface area contributed by atoms with E-state index in [9.17, 15) is 5.11 Å². The molecule has 106 valence electrons. The molecule has 2 rings (SSSR count). The molecular weight excluding hydrogens is 228 g/mol. The predicted octanol–water partition coefficient (Wildman–Crippen LogP) is 0.800. The third-order valence-corrected chi connectivity index (χ3v) is 4.73. The number of piperazine rings is 1. The first-order valence-electron chi connectivity index (χ1n) is 7.19. The summed E-state index contributed by atoms with van der Waals surface area (Å²) in [4.78, 5) is 4.96. The summed E-state index contributed by atoms with van der Waals surface area (Å²) < 4.78 is 5.60. The Morgan fingerprint density at radius 3 is 2.44 bits per heavy atom. The molecule has 0 aromatic heterocycles. The first kappa shape index (κ1) is 14.3. The van der Waals surface area contributed by atoms with Crippen molar-refractivity contribution in [1.29, 1.82) is 0 Å². The monoisotopic (exact) mass is 256 g/mol. The zero-order chi connectivity index (χ0) is 13.2. The van der Waals surface area contributed by atoms with Crippen LogP contribution in [-0.4, -0.2) is 73.5 Å². The van der Waals surface area contributed by atoms with E-state index in [2.05, 4.69) is 30.7 Å². The Morgan fingerprint density at radius 1 is 1.28 bits per heavy atom. The van der Waals surface area contributed by atoms with Crippen LogP contribution in [0.5, 0.6) is 0 Å². The minimum Gasteiger partial charge on any atom is -0.396 e. The fourth-order valence-electron chi connectivity index (χ4n) is 3.33. The Kier molecular flexibility index (Phi) is 4.64. The van der Waals surface area contributed by atoms with Crippen LogP contribution in [-0.2, 0) is 4.74 Å². The van der Waals surface area contributed by atoms with E-state index in [4.69, 9.17) is 4.74 Å². The molecule has 1 N–H and O–H groups in total. The van der Waals surface area contributed by atoms with Gasteiger partial charge in [-0.15, -0.1) is 0 Å². The van der Waals surface area contributed by atoms with Gasteiger partial charge in [0.15, 0.2) is 0 Å². The molecule has 2 saturated heterocycles. The molecule has 0 radical (unpaired) electrons. The van der Waals surface area contributed by atoms with Crippen LogP contribution in [0.15, 0.2) is 0 Å². The molecule has 0 aliphatic carbocycles. The van der Waals surface area contributed by atoms with Crippen LogP contribution in [0.2, 0.25) is 0 Å². The lowest BCUT2D eigenvalue weighted by Gasteiger charge is -2.46. The number of nitrogens with zero attached hydrogens (tertiary/aromatic N) is 2. The van der Waals surface area contributed by atoms with Gasteiger partial charge in [0.25, 0.3) is 0 Å². The molecule has 4 heteroatoms. The molecule has 18 heavy (non-hydrogen) atoms. The molecule has 2 aliphatic heterocycles. The maximum Gasteiger partial charge on any atom is 0.0556 e. The Hall–Kier alpha value is -0.160. The maximum absolute atomic E-state index is 9.74. The summed E-state index contributed by atoms with van der Waals surface area (Å²) in [5.41, 5.74) is -0.0202. The van der Waals surface area contributed by atoms with Crippen LogP contribution >= 0.6 is 0 Å². The second-order valence-electron chi connectivity index (χ2n) is 6.37. The van der Waals surface area contributed by atoms with Crippen molar-refractivity contribution < 1.29 is 9.84 Å². The molecule has 0 saturated carbocycles. The third kappa shape index (κ3) is 3.05. The highest BCUT2D eigenvalue weighted by Crippen LogP contribution is 2.30. The number of hydrogen-bond donors (Lipinski definition) is 1. The summed E-state index contributed by atoms with van der Waals surface area (Å²) in [5.74, 6) is 0. The highest BCUT2D eigenvalue weighted by molar-refractivity contribution is 4.89. The van der Waals surface area contributed by atoms with Gasteiger partial charge in [-0.3, -0.25) is 9.80 Å². The second kappa shape index (κ2) is 5.87. The average molecular weight is 256 g/mol. The lowest BCUT2D eigenvalue weighted by molar-refractivity contribution is -0.0675. The molecule has 0 bridgehead atoms. The van der Waals surface area contributed by atoms with Crippen LogP contribution in [0.1, 0.15) is 26.7 Å². The Balaban J connectivity index is 1.95. The number of aliphatic hydroxyl groups excluding tert-OH is 1. The van der Waals surface area contributed by atoms with E-state index in [1.54, 1.807) is 0 Å². The van der Waals surface area contributed by atoms with Crippen LogP contribution in [0.4, 0.5) is 0 Å². The molecular formula is C14H28N2O2. The maximum atomic E-state index is 9.74. The number of aliphatic hydroxyl groups is 1. The zero-order valence-corrected chi connectivity index (χ0v) is 12.1. The smallest absolute Gasteiger partial charge is 0.0556 e.